The van der Waals surface area contributed by atoms with Gasteiger partial charge in [0.25, 0.3) is 0 Å². The summed E-state index contributed by atoms with van der Waals surface area (Å²) in [6.07, 6.45) is 5.08. The molecule has 0 aliphatic rings. The lowest BCUT2D eigenvalue weighted by molar-refractivity contribution is -0.134. The van der Waals surface area contributed by atoms with E-state index < -0.39 is 5.97 Å². The van der Waals surface area contributed by atoms with Gasteiger partial charge in [-0.3, -0.25) is 15.3 Å². The zero-order chi connectivity index (χ0) is 16.0. The van der Waals surface area contributed by atoms with Gasteiger partial charge in [0.15, 0.2) is 0 Å². The van der Waals surface area contributed by atoms with E-state index >= 15 is 0 Å². The molecule has 1 N–H and O–H groups in total. The molecule has 5 nitrogen and oxygen atoms in total. The summed E-state index contributed by atoms with van der Waals surface area (Å²) in [6.45, 7) is 5.23. The number of carbonyl (C=O) groups is 1. The second-order valence-corrected chi connectivity index (χ2v) is 4.57. The van der Waals surface area contributed by atoms with Gasteiger partial charge < -0.3 is 4.74 Å². The Balaban J connectivity index is 2.43. The van der Waals surface area contributed by atoms with Gasteiger partial charge in [-0.05, 0) is 25.0 Å². The lowest BCUT2D eigenvalue weighted by atomic mass is 10.2. The van der Waals surface area contributed by atoms with Crippen molar-refractivity contribution in [1.82, 2.24) is 5.48 Å². The Hall–Kier alpha value is -2.14. The lowest BCUT2D eigenvalue weighted by Gasteiger charge is -2.04. The van der Waals surface area contributed by atoms with Crippen LogP contribution in [0.3, 0.4) is 0 Å². The molecule has 0 amide bonds. The molecule has 1 aromatic rings. The first-order valence-corrected chi connectivity index (χ1v) is 7.57. The van der Waals surface area contributed by atoms with Gasteiger partial charge in [-0.1, -0.05) is 43.7 Å². The first-order valence-electron chi connectivity index (χ1n) is 7.57. The zero-order valence-corrected chi connectivity index (χ0v) is 13.2. The van der Waals surface area contributed by atoms with Gasteiger partial charge in [0.2, 0.25) is 0 Å². The van der Waals surface area contributed by atoms with Crippen molar-refractivity contribution in [3.8, 4) is 0 Å². The smallest absolute Gasteiger partial charge is 0.356 e. The molecule has 0 radical (unpaired) electrons. The highest BCUT2D eigenvalue weighted by Gasteiger charge is 2.08. The van der Waals surface area contributed by atoms with Gasteiger partial charge in [-0.2, -0.15) is 0 Å². The molecule has 5 heteroatoms. The van der Waals surface area contributed by atoms with Crippen molar-refractivity contribution in [2.75, 3.05) is 13.2 Å². The molecule has 0 bridgehead atoms. The molecule has 0 unspecified atom stereocenters. The Bertz CT molecular complexity index is 484. The SMILES string of the molecule is CCCCN=C(/C=C/NOCc1ccccc1)C(=O)OCC. The number of benzene rings is 1. The van der Waals surface area contributed by atoms with Crippen LogP contribution in [0.5, 0.6) is 0 Å². The van der Waals surface area contributed by atoms with Crippen molar-refractivity contribution in [1.29, 1.82) is 0 Å². The fourth-order valence-electron chi connectivity index (χ4n) is 1.61. The number of hydrogen-bond donors (Lipinski definition) is 1. The highest BCUT2D eigenvalue weighted by Crippen LogP contribution is 1.99. The van der Waals surface area contributed by atoms with Crippen LogP contribution in [0.4, 0.5) is 0 Å². The molecule has 0 aromatic heterocycles. The maximum absolute atomic E-state index is 11.7. The van der Waals surface area contributed by atoms with Gasteiger partial charge >= 0.3 is 5.97 Å². The Labute approximate surface area is 132 Å². The van der Waals surface area contributed by atoms with Crippen molar-refractivity contribution in [3.05, 3.63) is 48.2 Å². The minimum atomic E-state index is -0.417. The van der Waals surface area contributed by atoms with Crippen molar-refractivity contribution < 1.29 is 14.4 Å². The van der Waals surface area contributed by atoms with Crippen LogP contribution in [0.15, 0.2) is 47.6 Å². The van der Waals surface area contributed by atoms with Crippen molar-refractivity contribution >= 4 is 11.7 Å². The van der Waals surface area contributed by atoms with Gasteiger partial charge in [-0.25, -0.2) is 4.79 Å². The summed E-state index contributed by atoms with van der Waals surface area (Å²) in [5, 5.41) is 0. The maximum Gasteiger partial charge on any atom is 0.356 e. The number of esters is 1. The summed E-state index contributed by atoms with van der Waals surface area (Å²) in [4.78, 5) is 21.3. The Morgan fingerprint density at radius 2 is 2.05 bits per heavy atom. The quantitative estimate of drug-likeness (QED) is 0.312. The monoisotopic (exact) mass is 304 g/mol. The van der Waals surface area contributed by atoms with Crippen molar-refractivity contribution in [3.63, 3.8) is 0 Å². The van der Waals surface area contributed by atoms with Crippen LogP contribution in [-0.4, -0.2) is 24.8 Å². The summed E-state index contributed by atoms with van der Waals surface area (Å²) in [5.74, 6) is -0.417. The number of nitrogens with one attached hydrogen (secondary N) is 1. The van der Waals surface area contributed by atoms with E-state index in [4.69, 9.17) is 9.57 Å². The highest BCUT2D eigenvalue weighted by molar-refractivity contribution is 6.41. The highest BCUT2D eigenvalue weighted by atomic mass is 16.6. The predicted molar refractivity (Wildman–Crippen MR) is 87.3 cm³/mol. The van der Waals surface area contributed by atoms with Crippen LogP contribution >= 0.6 is 0 Å². The summed E-state index contributed by atoms with van der Waals surface area (Å²) < 4.78 is 4.97. The summed E-state index contributed by atoms with van der Waals surface area (Å²) >= 11 is 0. The summed E-state index contributed by atoms with van der Waals surface area (Å²) in [5.41, 5.74) is 4.04. The number of unbranched alkanes of at least 4 members (excludes halogenated alkanes) is 1. The largest absolute Gasteiger partial charge is 0.461 e. The van der Waals surface area contributed by atoms with E-state index in [0.29, 0.717) is 25.5 Å². The third-order valence-corrected chi connectivity index (χ3v) is 2.75. The van der Waals surface area contributed by atoms with Crippen LogP contribution in [-0.2, 0) is 21.0 Å². The van der Waals surface area contributed by atoms with Gasteiger partial charge in [0.1, 0.15) is 5.71 Å². The molecule has 120 valence electrons. The molecule has 22 heavy (non-hydrogen) atoms. The third kappa shape index (κ3) is 7.59. The van der Waals surface area contributed by atoms with Crippen LogP contribution in [0.1, 0.15) is 32.3 Å². The van der Waals surface area contributed by atoms with Crippen LogP contribution in [0, 0.1) is 0 Å². The first-order chi connectivity index (χ1) is 10.8. The lowest BCUT2D eigenvalue weighted by Crippen LogP contribution is -2.17. The molecule has 1 aromatic carbocycles. The molecule has 0 saturated carbocycles. The molecule has 0 atom stereocenters. The topological polar surface area (TPSA) is 59.9 Å². The molecule has 0 fully saturated rings. The number of hydrogen-bond acceptors (Lipinski definition) is 5. The standard InChI is InChI=1S/C17H24N2O3/c1-3-5-12-18-16(17(20)21-4-2)11-13-19-22-14-15-9-7-6-8-10-15/h6-11,13,19H,3-5,12,14H2,1-2H3/b13-11+,18-16?. The van der Waals surface area contributed by atoms with Crippen LogP contribution < -0.4 is 5.48 Å². The van der Waals surface area contributed by atoms with E-state index in [1.807, 2.05) is 30.3 Å². The summed E-state index contributed by atoms with van der Waals surface area (Å²) in [6, 6.07) is 9.81. The molecular weight excluding hydrogens is 280 g/mol. The molecule has 0 spiro atoms. The van der Waals surface area contributed by atoms with Gasteiger partial charge in [-0.15, -0.1) is 0 Å². The number of nitrogens with zero attached hydrogens (tertiary/aromatic N) is 1. The minimum Gasteiger partial charge on any atom is -0.461 e. The van der Waals surface area contributed by atoms with E-state index in [1.165, 1.54) is 0 Å². The second-order valence-electron chi connectivity index (χ2n) is 4.57. The number of hydroxylamine groups is 1. The zero-order valence-electron chi connectivity index (χ0n) is 13.2. The Morgan fingerprint density at radius 3 is 2.73 bits per heavy atom. The normalized spacial score (nSPS) is 11.6. The van der Waals surface area contributed by atoms with E-state index in [9.17, 15) is 4.79 Å². The average molecular weight is 304 g/mol. The maximum atomic E-state index is 11.7. The fraction of sp³-hybridized carbons (Fsp3) is 0.412. The minimum absolute atomic E-state index is 0.297. The van der Waals surface area contributed by atoms with E-state index in [1.54, 1.807) is 19.2 Å². The van der Waals surface area contributed by atoms with E-state index in [-0.39, 0.29) is 0 Å². The number of aliphatic imine (C=N–C) groups is 1. The number of rotatable bonds is 10. The Kier molecular flexibility index (Phi) is 9.37. The third-order valence-electron chi connectivity index (χ3n) is 2.75. The molecule has 0 saturated heterocycles. The molecule has 0 aliphatic heterocycles. The second kappa shape index (κ2) is 11.5. The van der Waals surface area contributed by atoms with Crippen LogP contribution in [0.25, 0.3) is 0 Å². The van der Waals surface area contributed by atoms with E-state index in [2.05, 4.69) is 17.4 Å². The molecule has 1 rings (SSSR count). The van der Waals surface area contributed by atoms with Crippen molar-refractivity contribution in [2.24, 2.45) is 4.99 Å². The molecule has 0 aliphatic carbocycles. The van der Waals surface area contributed by atoms with Crippen molar-refractivity contribution in [2.45, 2.75) is 33.3 Å². The molecule has 0 heterocycles. The van der Waals surface area contributed by atoms with Crippen LogP contribution in [0.2, 0.25) is 0 Å². The van der Waals surface area contributed by atoms with Gasteiger partial charge in [0.05, 0.1) is 13.2 Å². The van der Waals surface area contributed by atoms with Gasteiger partial charge in [0, 0.05) is 12.7 Å². The summed E-state index contributed by atoms with van der Waals surface area (Å²) in [7, 11) is 0. The molecular formula is C17H24N2O3. The predicted octanol–water partition coefficient (Wildman–Crippen LogP) is 3.03. The average Bonchev–Trinajstić information content (AvgIpc) is 2.54. The number of carbonyl (C=O) groups excluding carboxylic acids is 1. The Morgan fingerprint density at radius 1 is 1.27 bits per heavy atom. The first kappa shape index (κ1) is 17.9. The van der Waals surface area contributed by atoms with E-state index in [0.717, 1.165) is 18.4 Å². The fourth-order valence-corrected chi connectivity index (χ4v) is 1.61. The number of ether oxygens (including phenoxy) is 1.